The van der Waals surface area contributed by atoms with Crippen LogP contribution in [0.2, 0.25) is 0 Å². The van der Waals surface area contributed by atoms with Crippen molar-refractivity contribution in [1.82, 2.24) is 0 Å². The molecular weight excluding hydrogens is 444 g/mol. The van der Waals surface area contributed by atoms with Crippen LogP contribution in [-0.2, 0) is 4.74 Å². The van der Waals surface area contributed by atoms with E-state index in [-0.39, 0.29) is 6.10 Å². The maximum atomic E-state index is 11.5. The Bertz CT molecular complexity index is 769. The second-order valence-electron chi connectivity index (χ2n) is 16.0. The molecule has 5 rings (SSSR count). The first kappa shape index (κ1) is 27.4. The Hall–Kier alpha value is -0.120. The van der Waals surface area contributed by atoms with Gasteiger partial charge in [0, 0.05) is 7.11 Å². The molecule has 0 bridgehead atoms. The summed E-state index contributed by atoms with van der Waals surface area (Å²) >= 11 is 0. The number of ether oxygens (including phenoxy) is 1. The van der Waals surface area contributed by atoms with Gasteiger partial charge >= 0.3 is 0 Å². The molecule has 3 unspecified atom stereocenters. The smallest absolute Gasteiger partial charge is 0.0883 e. The Labute approximate surface area is 222 Å². The van der Waals surface area contributed by atoms with Gasteiger partial charge in [0.2, 0.25) is 0 Å². The van der Waals surface area contributed by atoms with Crippen molar-refractivity contribution in [3.63, 3.8) is 0 Å². The molecule has 5 aliphatic carbocycles. The van der Waals surface area contributed by atoms with Gasteiger partial charge in [-0.1, -0.05) is 34.6 Å². The molecule has 0 spiro atoms. The van der Waals surface area contributed by atoms with E-state index < -0.39 is 5.60 Å². The highest BCUT2D eigenvalue weighted by atomic mass is 16.5. The number of aliphatic hydroxyl groups is 2. The molecule has 2 N–H and O–H groups in total. The standard InChI is InChI=1S/C33H58O3/c1-22(29(34)19-23-11-14-30(2,3)15-12-23)26-9-10-27-25-8-7-24-20-33(35,21-36-6)18-17-31(24,4)28(25)13-16-32(26,27)5/h22-29,34-35H,7-21H2,1-6H3/t22-,24?,25-,26+,27?,28?,29-,31-,32+,33-/m0/s1. The minimum atomic E-state index is -0.604. The maximum Gasteiger partial charge on any atom is 0.0883 e. The fraction of sp³-hybridized carbons (Fsp3) is 1.00. The van der Waals surface area contributed by atoms with Gasteiger partial charge in [-0.25, -0.2) is 0 Å². The third-order valence-corrected chi connectivity index (χ3v) is 13.6. The predicted molar refractivity (Wildman–Crippen MR) is 148 cm³/mol. The molecule has 0 aromatic carbocycles. The predicted octanol–water partition coefficient (Wildman–Crippen LogP) is 7.63. The van der Waals surface area contributed by atoms with Gasteiger partial charge in [0.15, 0.2) is 0 Å². The Balaban J connectivity index is 1.24. The van der Waals surface area contributed by atoms with Gasteiger partial charge < -0.3 is 14.9 Å². The van der Waals surface area contributed by atoms with Crippen molar-refractivity contribution in [2.45, 2.75) is 136 Å². The first-order chi connectivity index (χ1) is 16.9. The molecule has 10 atom stereocenters. The summed E-state index contributed by atoms with van der Waals surface area (Å²) in [5.74, 6) is 5.01. The Kier molecular flexibility index (Phi) is 7.48. The molecule has 0 heterocycles. The third-order valence-electron chi connectivity index (χ3n) is 13.6. The molecule has 5 fully saturated rings. The summed E-state index contributed by atoms with van der Waals surface area (Å²) in [6, 6.07) is 0. The molecule has 0 saturated heterocycles. The molecule has 0 aromatic heterocycles. The van der Waals surface area contributed by atoms with Crippen LogP contribution >= 0.6 is 0 Å². The summed E-state index contributed by atoms with van der Waals surface area (Å²) in [5.41, 5.74) is 0.703. The molecule has 36 heavy (non-hydrogen) atoms. The minimum absolute atomic E-state index is 0.125. The van der Waals surface area contributed by atoms with E-state index in [1.165, 1.54) is 70.6 Å². The van der Waals surface area contributed by atoms with E-state index >= 15 is 0 Å². The lowest BCUT2D eigenvalue weighted by atomic mass is 9.43. The van der Waals surface area contributed by atoms with Crippen molar-refractivity contribution in [3.8, 4) is 0 Å². The monoisotopic (exact) mass is 502 g/mol. The van der Waals surface area contributed by atoms with Gasteiger partial charge in [-0.15, -0.1) is 0 Å². The van der Waals surface area contributed by atoms with Crippen LogP contribution in [0.1, 0.15) is 125 Å². The van der Waals surface area contributed by atoms with Crippen molar-refractivity contribution in [2.75, 3.05) is 13.7 Å². The van der Waals surface area contributed by atoms with Crippen LogP contribution in [0.15, 0.2) is 0 Å². The molecule has 208 valence electrons. The maximum absolute atomic E-state index is 11.5. The van der Waals surface area contributed by atoms with E-state index in [1.807, 2.05) is 0 Å². The van der Waals surface area contributed by atoms with Gasteiger partial charge in [0.1, 0.15) is 0 Å². The zero-order valence-electron chi connectivity index (χ0n) is 24.5. The van der Waals surface area contributed by atoms with Gasteiger partial charge in [-0.05, 0) is 148 Å². The van der Waals surface area contributed by atoms with Gasteiger partial charge in [0.25, 0.3) is 0 Å². The normalized spacial score (nSPS) is 48.5. The van der Waals surface area contributed by atoms with E-state index in [9.17, 15) is 10.2 Å². The van der Waals surface area contributed by atoms with Crippen LogP contribution in [0.25, 0.3) is 0 Å². The zero-order valence-corrected chi connectivity index (χ0v) is 24.5. The molecular formula is C33H58O3. The largest absolute Gasteiger partial charge is 0.393 e. The molecule has 0 aromatic rings. The van der Waals surface area contributed by atoms with Crippen LogP contribution in [0.4, 0.5) is 0 Å². The number of methoxy groups -OCH3 is 1. The highest BCUT2D eigenvalue weighted by molar-refractivity contribution is 5.11. The number of hydrogen-bond acceptors (Lipinski definition) is 3. The van der Waals surface area contributed by atoms with Crippen molar-refractivity contribution in [3.05, 3.63) is 0 Å². The Morgan fingerprint density at radius 3 is 2.19 bits per heavy atom. The minimum Gasteiger partial charge on any atom is -0.393 e. The topological polar surface area (TPSA) is 49.7 Å². The third kappa shape index (κ3) is 4.74. The summed E-state index contributed by atoms with van der Waals surface area (Å²) in [5, 5.41) is 22.6. The number of fused-ring (bicyclic) bond motifs is 5. The molecule has 5 aliphatic rings. The molecule has 0 amide bonds. The second kappa shape index (κ2) is 9.81. The average Bonchev–Trinajstić information content (AvgIpc) is 3.18. The van der Waals surface area contributed by atoms with Gasteiger partial charge in [0.05, 0.1) is 18.3 Å². The molecule has 0 radical (unpaired) electrons. The van der Waals surface area contributed by atoms with E-state index in [4.69, 9.17) is 4.74 Å². The molecule has 3 heteroatoms. The molecule has 3 nitrogen and oxygen atoms in total. The summed E-state index contributed by atoms with van der Waals surface area (Å²) in [7, 11) is 1.73. The highest BCUT2D eigenvalue weighted by Gasteiger charge is 2.62. The summed E-state index contributed by atoms with van der Waals surface area (Å²) in [6.45, 7) is 12.9. The van der Waals surface area contributed by atoms with Crippen LogP contribution in [0.3, 0.4) is 0 Å². The van der Waals surface area contributed by atoms with Crippen molar-refractivity contribution in [1.29, 1.82) is 0 Å². The fourth-order valence-corrected chi connectivity index (χ4v) is 11.1. The highest BCUT2D eigenvalue weighted by Crippen LogP contribution is 2.69. The zero-order chi connectivity index (χ0) is 25.9. The number of rotatable bonds is 6. The van der Waals surface area contributed by atoms with Crippen LogP contribution in [-0.4, -0.2) is 35.6 Å². The Morgan fingerprint density at radius 1 is 0.806 bits per heavy atom. The van der Waals surface area contributed by atoms with E-state index in [0.717, 1.165) is 42.9 Å². The SMILES string of the molecule is COC[C@]1(O)CC[C@@]2(C)C(CC[C@@H]3C2CC[C@@]2(C)C3CC[C@@H]2[C@H](C)[C@@H](O)CC2CCC(C)(C)CC2)C1. The van der Waals surface area contributed by atoms with Crippen molar-refractivity contribution < 1.29 is 14.9 Å². The Morgan fingerprint density at radius 2 is 1.50 bits per heavy atom. The number of aliphatic hydroxyl groups excluding tert-OH is 1. The quantitative estimate of drug-likeness (QED) is 0.392. The van der Waals surface area contributed by atoms with E-state index in [2.05, 4.69) is 34.6 Å². The fourth-order valence-electron chi connectivity index (χ4n) is 11.1. The van der Waals surface area contributed by atoms with E-state index in [1.54, 1.807) is 7.11 Å². The lowest BCUT2D eigenvalue weighted by Crippen LogP contribution is -2.57. The summed E-state index contributed by atoms with van der Waals surface area (Å²) in [4.78, 5) is 0. The summed E-state index contributed by atoms with van der Waals surface area (Å²) in [6.07, 6.45) is 17.3. The molecule has 0 aliphatic heterocycles. The number of hydrogen-bond donors (Lipinski definition) is 2. The van der Waals surface area contributed by atoms with Crippen LogP contribution < -0.4 is 0 Å². The lowest BCUT2D eigenvalue weighted by molar-refractivity contribution is -0.164. The van der Waals surface area contributed by atoms with E-state index in [0.29, 0.717) is 40.6 Å². The summed E-state index contributed by atoms with van der Waals surface area (Å²) < 4.78 is 5.41. The van der Waals surface area contributed by atoms with Gasteiger partial charge in [-0.2, -0.15) is 0 Å². The second-order valence-corrected chi connectivity index (χ2v) is 16.0. The average molecular weight is 503 g/mol. The van der Waals surface area contributed by atoms with Crippen LogP contribution in [0.5, 0.6) is 0 Å². The van der Waals surface area contributed by atoms with Crippen LogP contribution in [0, 0.1) is 57.7 Å². The van der Waals surface area contributed by atoms with Crippen molar-refractivity contribution in [2.24, 2.45) is 57.7 Å². The first-order valence-electron chi connectivity index (χ1n) is 15.8. The van der Waals surface area contributed by atoms with Crippen molar-refractivity contribution >= 4 is 0 Å². The lowest BCUT2D eigenvalue weighted by Gasteiger charge is -2.62. The molecule has 5 saturated carbocycles. The first-order valence-corrected chi connectivity index (χ1v) is 15.8. The van der Waals surface area contributed by atoms with Gasteiger partial charge in [-0.3, -0.25) is 0 Å².